The van der Waals surface area contributed by atoms with Crippen LogP contribution < -0.4 is 0 Å². The van der Waals surface area contributed by atoms with E-state index in [1.807, 2.05) is 6.92 Å². The third-order valence-electron chi connectivity index (χ3n) is 3.30. The van der Waals surface area contributed by atoms with E-state index in [0.717, 1.165) is 6.42 Å². The molecule has 0 amide bonds. The molecule has 1 aromatic rings. The van der Waals surface area contributed by atoms with Crippen molar-refractivity contribution in [3.63, 3.8) is 0 Å². The van der Waals surface area contributed by atoms with Crippen molar-refractivity contribution < 1.29 is 13.5 Å². The minimum absolute atomic E-state index is 0.191. The van der Waals surface area contributed by atoms with Gasteiger partial charge < -0.3 is 5.11 Å². The zero-order valence-corrected chi connectivity index (χ0v) is 10.7. The van der Waals surface area contributed by atoms with Gasteiger partial charge in [-0.3, -0.25) is 4.68 Å². The number of hydrogen-bond donors (Lipinski definition) is 1. The van der Waals surface area contributed by atoms with Crippen molar-refractivity contribution in [3.05, 3.63) is 18.0 Å². The molecule has 0 spiro atoms. The van der Waals surface area contributed by atoms with Gasteiger partial charge in [0, 0.05) is 18.3 Å². The number of sulfone groups is 1. The molecule has 0 saturated carbocycles. The second-order valence-electron chi connectivity index (χ2n) is 4.48. The number of aliphatic hydroxyl groups is 1. The summed E-state index contributed by atoms with van der Waals surface area (Å²) in [4.78, 5) is 0. The van der Waals surface area contributed by atoms with Crippen LogP contribution in [0.4, 0.5) is 0 Å². The van der Waals surface area contributed by atoms with Crippen LogP contribution in [0.3, 0.4) is 0 Å². The monoisotopic (exact) mass is 258 g/mol. The fraction of sp³-hybridized carbons (Fsp3) is 0.727. The molecule has 2 rings (SSSR count). The Morgan fingerprint density at radius 1 is 1.59 bits per heavy atom. The highest BCUT2D eigenvalue weighted by molar-refractivity contribution is 7.92. The van der Waals surface area contributed by atoms with Crippen LogP contribution in [-0.4, -0.2) is 34.3 Å². The summed E-state index contributed by atoms with van der Waals surface area (Å²) in [6.07, 6.45) is 4.44. The van der Waals surface area contributed by atoms with Crippen LogP contribution in [0, 0.1) is 0 Å². The maximum atomic E-state index is 11.9. The van der Waals surface area contributed by atoms with Crippen LogP contribution in [0.15, 0.2) is 12.4 Å². The van der Waals surface area contributed by atoms with Gasteiger partial charge in [0.25, 0.3) is 0 Å². The van der Waals surface area contributed by atoms with Gasteiger partial charge in [-0.05, 0) is 19.8 Å². The maximum Gasteiger partial charge on any atom is 0.156 e. The summed E-state index contributed by atoms with van der Waals surface area (Å²) in [5, 5.41) is 13.6. The molecule has 1 saturated heterocycles. The molecule has 0 aliphatic carbocycles. The summed E-state index contributed by atoms with van der Waals surface area (Å²) in [5.74, 6) is 0.191. The molecule has 1 aromatic heterocycles. The van der Waals surface area contributed by atoms with E-state index >= 15 is 0 Å². The molecular weight excluding hydrogens is 240 g/mol. The average molecular weight is 258 g/mol. The molecule has 0 bridgehead atoms. The van der Waals surface area contributed by atoms with Crippen LogP contribution in [0.1, 0.15) is 37.9 Å². The summed E-state index contributed by atoms with van der Waals surface area (Å²) in [6, 6.07) is 0. The topological polar surface area (TPSA) is 72.2 Å². The highest BCUT2D eigenvalue weighted by Crippen LogP contribution is 2.30. The zero-order valence-electron chi connectivity index (χ0n) is 9.91. The van der Waals surface area contributed by atoms with Crippen LogP contribution in [0.2, 0.25) is 0 Å². The van der Waals surface area contributed by atoms with Gasteiger partial charge in [0.1, 0.15) is 0 Å². The zero-order chi connectivity index (χ0) is 12.5. The van der Waals surface area contributed by atoms with Crippen molar-refractivity contribution in [1.29, 1.82) is 0 Å². The Morgan fingerprint density at radius 2 is 2.35 bits per heavy atom. The first-order valence-electron chi connectivity index (χ1n) is 5.96. The standard InChI is InChI=1S/C11H18N2O3S/c1-2-13-8-9(7-12-13)11(14)10-5-3-4-6-17(10,15)16/h7-8,10-11,14H,2-6H2,1H3. The lowest BCUT2D eigenvalue weighted by Gasteiger charge is -2.25. The molecule has 17 heavy (non-hydrogen) atoms. The molecule has 1 aliphatic heterocycles. The minimum Gasteiger partial charge on any atom is -0.387 e. The number of aliphatic hydroxyl groups excluding tert-OH is 1. The fourth-order valence-corrected chi connectivity index (χ4v) is 4.24. The molecule has 1 fully saturated rings. The smallest absolute Gasteiger partial charge is 0.156 e. The first-order valence-corrected chi connectivity index (χ1v) is 7.68. The molecule has 2 atom stereocenters. The van der Waals surface area contributed by atoms with Gasteiger partial charge in [-0.1, -0.05) is 6.42 Å². The maximum absolute atomic E-state index is 11.9. The number of hydrogen-bond acceptors (Lipinski definition) is 4. The van der Waals surface area contributed by atoms with Crippen LogP contribution >= 0.6 is 0 Å². The van der Waals surface area contributed by atoms with Crippen LogP contribution in [-0.2, 0) is 16.4 Å². The molecule has 6 heteroatoms. The van der Waals surface area contributed by atoms with Crippen LogP contribution in [0.25, 0.3) is 0 Å². The Balaban J connectivity index is 2.21. The van der Waals surface area contributed by atoms with Crippen molar-refractivity contribution in [2.24, 2.45) is 0 Å². The lowest BCUT2D eigenvalue weighted by atomic mass is 10.1. The Morgan fingerprint density at radius 3 is 2.94 bits per heavy atom. The predicted molar refractivity (Wildman–Crippen MR) is 64.3 cm³/mol. The average Bonchev–Trinajstić information content (AvgIpc) is 2.76. The first kappa shape index (κ1) is 12.6. The SMILES string of the molecule is CCn1cc(C(O)C2CCCCS2(=O)=O)cn1. The van der Waals surface area contributed by atoms with Gasteiger partial charge in [0.15, 0.2) is 9.84 Å². The Bertz CT molecular complexity index is 481. The van der Waals surface area contributed by atoms with Crippen molar-refractivity contribution in [3.8, 4) is 0 Å². The van der Waals surface area contributed by atoms with E-state index < -0.39 is 21.2 Å². The number of rotatable bonds is 3. The Labute approximate surface area is 101 Å². The fourth-order valence-electron chi connectivity index (χ4n) is 2.25. The molecule has 1 N–H and O–H groups in total. The van der Waals surface area contributed by atoms with Gasteiger partial charge in [0.05, 0.1) is 23.3 Å². The molecule has 1 aliphatic rings. The molecule has 96 valence electrons. The molecule has 0 radical (unpaired) electrons. The van der Waals surface area contributed by atoms with Gasteiger partial charge in [0.2, 0.25) is 0 Å². The van der Waals surface area contributed by atoms with Gasteiger partial charge in [-0.15, -0.1) is 0 Å². The normalized spacial score (nSPS) is 25.6. The van der Waals surface area contributed by atoms with Gasteiger partial charge in [-0.2, -0.15) is 5.10 Å². The van der Waals surface area contributed by atoms with E-state index in [9.17, 15) is 13.5 Å². The van der Waals surface area contributed by atoms with Crippen molar-refractivity contribution in [1.82, 2.24) is 9.78 Å². The van der Waals surface area contributed by atoms with E-state index in [2.05, 4.69) is 5.10 Å². The third kappa shape index (κ3) is 2.52. The van der Waals surface area contributed by atoms with E-state index in [0.29, 0.717) is 24.9 Å². The summed E-state index contributed by atoms with van der Waals surface area (Å²) in [7, 11) is -3.16. The number of aromatic nitrogens is 2. The van der Waals surface area contributed by atoms with Crippen molar-refractivity contribution in [2.75, 3.05) is 5.75 Å². The molecular formula is C11H18N2O3S. The minimum atomic E-state index is -3.16. The highest BCUT2D eigenvalue weighted by Gasteiger charge is 2.35. The van der Waals surface area contributed by atoms with Crippen molar-refractivity contribution in [2.45, 2.75) is 44.1 Å². The second-order valence-corrected chi connectivity index (χ2v) is 6.81. The number of aryl methyl sites for hydroxylation is 1. The summed E-state index contributed by atoms with van der Waals surface area (Å²) >= 11 is 0. The molecule has 0 aromatic carbocycles. The molecule has 2 unspecified atom stereocenters. The summed E-state index contributed by atoms with van der Waals surface area (Å²) < 4.78 is 25.5. The predicted octanol–water partition coefficient (Wildman–Crippen LogP) is 0.904. The molecule has 5 nitrogen and oxygen atoms in total. The third-order valence-corrected chi connectivity index (χ3v) is 5.57. The highest BCUT2D eigenvalue weighted by atomic mass is 32.2. The Kier molecular flexibility index (Phi) is 3.53. The largest absolute Gasteiger partial charge is 0.387 e. The quantitative estimate of drug-likeness (QED) is 0.874. The van der Waals surface area contributed by atoms with E-state index in [1.165, 1.54) is 0 Å². The van der Waals surface area contributed by atoms with E-state index in [-0.39, 0.29) is 5.75 Å². The first-order chi connectivity index (χ1) is 8.04. The van der Waals surface area contributed by atoms with Crippen molar-refractivity contribution >= 4 is 9.84 Å². The van der Waals surface area contributed by atoms with Gasteiger partial charge in [-0.25, -0.2) is 8.42 Å². The lowest BCUT2D eigenvalue weighted by Crippen LogP contribution is -2.33. The Hall–Kier alpha value is -0.880. The number of nitrogens with zero attached hydrogens (tertiary/aromatic N) is 2. The summed E-state index contributed by atoms with van der Waals surface area (Å²) in [6.45, 7) is 2.66. The summed E-state index contributed by atoms with van der Waals surface area (Å²) in [5.41, 5.74) is 0.599. The molecule has 2 heterocycles. The lowest BCUT2D eigenvalue weighted by molar-refractivity contribution is 0.164. The van der Waals surface area contributed by atoms with Gasteiger partial charge >= 0.3 is 0 Å². The second kappa shape index (κ2) is 4.78. The van der Waals surface area contributed by atoms with E-state index in [4.69, 9.17) is 0 Å². The van der Waals surface area contributed by atoms with Crippen LogP contribution in [0.5, 0.6) is 0 Å². The van der Waals surface area contributed by atoms with E-state index in [1.54, 1.807) is 17.1 Å².